The highest BCUT2D eigenvalue weighted by Crippen LogP contribution is 2.13. The number of nitrogens with one attached hydrogen (secondary N) is 1. The number of unbranched alkanes of at least 4 members (excludes halogenated alkanes) is 1. The van der Waals surface area contributed by atoms with Crippen LogP contribution < -0.4 is 5.32 Å². The average molecular weight is 258 g/mol. The van der Waals surface area contributed by atoms with Gasteiger partial charge < -0.3 is 10.2 Å². The minimum absolute atomic E-state index is 0.748. The lowest BCUT2D eigenvalue weighted by Gasteiger charge is -2.31. The fourth-order valence-corrected chi connectivity index (χ4v) is 3.30. The highest BCUT2D eigenvalue weighted by molar-refractivity contribution is 7.99. The van der Waals surface area contributed by atoms with Gasteiger partial charge in [0, 0.05) is 30.1 Å². The molecule has 2 nitrogen and oxygen atoms in total. The Balaban J connectivity index is 2.26. The molecule has 0 bridgehead atoms. The van der Waals surface area contributed by atoms with Crippen LogP contribution in [0.25, 0.3) is 0 Å². The van der Waals surface area contributed by atoms with Crippen LogP contribution >= 0.6 is 11.8 Å². The summed E-state index contributed by atoms with van der Waals surface area (Å²) in [7, 11) is 0. The third-order valence-corrected chi connectivity index (χ3v) is 4.91. The first-order valence-corrected chi connectivity index (χ1v) is 8.48. The molecule has 3 heteroatoms. The van der Waals surface area contributed by atoms with Crippen molar-refractivity contribution in [3.63, 3.8) is 0 Å². The minimum Gasteiger partial charge on any atom is -0.312 e. The van der Waals surface area contributed by atoms with E-state index in [-0.39, 0.29) is 0 Å². The second-order valence-electron chi connectivity index (χ2n) is 5.16. The monoisotopic (exact) mass is 258 g/mol. The number of rotatable bonds is 8. The summed E-state index contributed by atoms with van der Waals surface area (Å²) < 4.78 is 0. The summed E-state index contributed by atoms with van der Waals surface area (Å²) in [6.07, 6.45) is 5.25. The Hall–Kier alpha value is 0.270. The molecular formula is C14H30N2S. The second-order valence-corrected chi connectivity index (χ2v) is 6.31. The third-order valence-electron chi connectivity index (χ3n) is 3.78. The molecule has 17 heavy (non-hydrogen) atoms. The highest BCUT2D eigenvalue weighted by Gasteiger charge is 2.16. The van der Waals surface area contributed by atoms with Crippen LogP contribution in [0.5, 0.6) is 0 Å². The maximum absolute atomic E-state index is 3.64. The molecule has 1 aliphatic rings. The second kappa shape index (κ2) is 9.23. The molecule has 1 aliphatic heterocycles. The summed E-state index contributed by atoms with van der Waals surface area (Å²) in [4.78, 5) is 2.68. The molecule has 0 aromatic carbocycles. The van der Waals surface area contributed by atoms with E-state index in [0.29, 0.717) is 0 Å². The van der Waals surface area contributed by atoms with Gasteiger partial charge in [-0.3, -0.25) is 0 Å². The van der Waals surface area contributed by atoms with Crippen molar-refractivity contribution >= 4 is 11.8 Å². The van der Waals surface area contributed by atoms with Crippen molar-refractivity contribution in [2.45, 2.75) is 58.5 Å². The fourth-order valence-electron chi connectivity index (χ4n) is 2.30. The van der Waals surface area contributed by atoms with Crippen LogP contribution in [0.15, 0.2) is 0 Å². The van der Waals surface area contributed by atoms with Crippen LogP contribution in [0.3, 0.4) is 0 Å². The minimum atomic E-state index is 0.748. The highest BCUT2D eigenvalue weighted by atomic mass is 32.2. The Morgan fingerprint density at radius 2 is 2.18 bits per heavy atom. The molecule has 0 aromatic rings. The Labute approximate surface area is 112 Å². The number of nitrogens with zero attached hydrogens (tertiary/aromatic N) is 1. The molecular weight excluding hydrogens is 228 g/mol. The molecule has 2 unspecified atom stereocenters. The van der Waals surface area contributed by atoms with Gasteiger partial charge in [0.05, 0.1) is 0 Å². The van der Waals surface area contributed by atoms with Crippen LogP contribution in [-0.2, 0) is 0 Å². The van der Waals surface area contributed by atoms with Gasteiger partial charge in [0.1, 0.15) is 0 Å². The van der Waals surface area contributed by atoms with Gasteiger partial charge in [0.2, 0.25) is 0 Å². The fraction of sp³-hybridized carbons (Fsp3) is 1.00. The maximum atomic E-state index is 3.64. The zero-order valence-corrected chi connectivity index (χ0v) is 12.7. The summed E-state index contributed by atoms with van der Waals surface area (Å²) in [5, 5.41) is 3.64. The van der Waals surface area contributed by atoms with Gasteiger partial charge in [-0.15, -0.1) is 0 Å². The first-order chi connectivity index (χ1) is 8.27. The number of hydrogen-bond donors (Lipinski definition) is 1. The van der Waals surface area contributed by atoms with E-state index in [9.17, 15) is 0 Å². The number of hydrogen-bond acceptors (Lipinski definition) is 3. The molecule has 0 spiro atoms. The van der Waals surface area contributed by atoms with E-state index in [1.54, 1.807) is 0 Å². The van der Waals surface area contributed by atoms with Crippen molar-refractivity contribution in [2.75, 3.05) is 31.1 Å². The summed E-state index contributed by atoms with van der Waals surface area (Å²) in [5.74, 6) is 2.60. The van der Waals surface area contributed by atoms with Gasteiger partial charge >= 0.3 is 0 Å². The molecule has 0 amide bonds. The van der Waals surface area contributed by atoms with Crippen LogP contribution in [-0.4, -0.2) is 48.1 Å². The van der Waals surface area contributed by atoms with Gasteiger partial charge in [-0.25, -0.2) is 0 Å². The lowest BCUT2D eigenvalue weighted by atomic mass is 10.1. The SMILES string of the molecule is CCCCN(CCC1CSCCN1)C(C)CC. The van der Waals surface area contributed by atoms with E-state index in [4.69, 9.17) is 0 Å². The Morgan fingerprint density at radius 1 is 1.35 bits per heavy atom. The Morgan fingerprint density at radius 3 is 2.76 bits per heavy atom. The topological polar surface area (TPSA) is 15.3 Å². The average Bonchev–Trinajstić information content (AvgIpc) is 2.39. The Kier molecular flexibility index (Phi) is 8.33. The standard InChI is InChI=1S/C14H30N2S/c1-4-6-9-16(13(3)5-2)10-7-14-12-17-11-8-15-14/h13-15H,4-12H2,1-3H3. The Bertz CT molecular complexity index is 181. The molecule has 0 aliphatic carbocycles. The van der Waals surface area contributed by atoms with Crippen molar-refractivity contribution in [3.8, 4) is 0 Å². The van der Waals surface area contributed by atoms with E-state index in [2.05, 4.69) is 42.7 Å². The molecule has 2 atom stereocenters. The van der Waals surface area contributed by atoms with E-state index >= 15 is 0 Å². The molecule has 102 valence electrons. The molecule has 1 rings (SSSR count). The predicted octanol–water partition coefficient (Wildman–Crippen LogP) is 2.98. The number of thioether (sulfide) groups is 1. The largest absolute Gasteiger partial charge is 0.312 e. The van der Waals surface area contributed by atoms with Crippen molar-refractivity contribution in [1.29, 1.82) is 0 Å². The van der Waals surface area contributed by atoms with Crippen molar-refractivity contribution < 1.29 is 0 Å². The third kappa shape index (κ3) is 6.12. The zero-order chi connectivity index (χ0) is 12.5. The van der Waals surface area contributed by atoms with E-state index in [1.165, 1.54) is 56.8 Å². The summed E-state index contributed by atoms with van der Waals surface area (Å²) in [6, 6.07) is 1.50. The zero-order valence-electron chi connectivity index (χ0n) is 11.9. The maximum Gasteiger partial charge on any atom is 0.0170 e. The summed E-state index contributed by atoms with van der Waals surface area (Å²) in [5.41, 5.74) is 0. The van der Waals surface area contributed by atoms with Crippen LogP contribution in [0.4, 0.5) is 0 Å². The smallest absolute Gasteiger partial charge is 0.0170 e. The van der Waals surface area contributed by atoms with Crippen LogP contribution in [0.1, 0.15) is 46.5 Å². The van der Waals surface area contributed by atoms with Gasteiger partial charge in [-0.1, -0.05) is 20.3 Å². The molecule has 1 fully saturated rings. The molecule has 1 heterocycles. The molecule has 0 aromatic heterocycles. The lowest BCUT2D eigenvalue weighted by Crippen LogP contribution is -2.42. The van der Waals surface area contributed by atoms with Crippen LogP contribution in [0.2, 0.25) is 0 Å². The molecule has 1 N–H and O–H groups in total. The first-order valence-electron chi connectivity index (χ1n) is 7.33. The quantitative estimate of drug-likeness (QED) is 0.720. The van der Waals surface area contributed by atoms with Crippen LogP contribution in [0, 0.1) is 0 Å². The van der Waals surface area contributed by atoms with Gasteiger partial charge in [-0.05, 0) is 39.3 Å². The van der Waals surface area contributed by atoms with E-state index in [0.717, 1.165) is 12.1 Å². The van der Waals surface area contributed by atoms with Gasteiger partial charge in [0.25, 0.3) is 0 Å². The van der Waals surface area contributed by atoms with E-state index in [1.807, 2.05) is 0 Å². The van der Waals surface area contributed by atoms with Crippen molar-refractivity contribution in [2.24, 2.45) is 0 Å². The molecule has 1 saturated heterocycles. The first kappa shape index (κ1) is 15.3. The van der Waals surface area contributed by atoms with Crippen molar-refractivity contribution in [1.82, 2.24) is 10.2 Å². The molecule has 0 radical (unpaired) electrons. The molecule has 0 saturated carbocycles. The summed E-state index contributed by atoms with van der Waals surface area (Å²) >= 11 is 2.11. The predicted molar refractivity (Wildman–Crippen MR) is 80.0 cm³/mol. The summed E-state index contributed by atoms with van der Waals surface area (Å²) in [6.45, 7) is 10.7. The normalized spacial score (nSPS) is 22.9. The van der Waals surface area contributed by atoms with Crippen molar-refractivity contribution in [3.05, 3.63) is 0 Å². The van der Waals surface area contributed by atoms with Gasteiger partial charge in [0.15, 0.2) is 0 Å². The van der Waals surface area contributed by atoms with Gasteiger partial charge in [-0.2, -0.15) is 11.8 Å². The lowest BCUT2D eigenvalue weighted by molar-refractivity contribution is 0.192. The van der Waals surface area contributed by atoms with E-state index < -0.39 is 0 Å².